The number of nitrogens with one attached hydrogen (secondary N) is 1. The molecule has 1 amide bonds. The van der Waals surface area contributed by atoms with Gasteiger partial charge in [0.2, 0.25) is 11.8 Å². The first-order valence-electron chi connectivity index (χ1n) is 11.2. The Balaban J connectivity index is 1.30. The van der Waals surface area contributed by atoms with Crippen LogP contribution in [-0.4, -0.2) is 34.9 Å². The molecule has 2 atom stereocenters. The van der Waals surface area contributed by atoms with Crippen LogP contribution in [0.25, 0.3) is 11.5 Å². The lowest BCUT2D eigenvalue weighted by Gasteiger charge is -2.34. The second-order valence-corrected chi connectivity index (χ2v) is 9.88. The Morgan fingerprint density at radius 2 is 2.00 bits per heavy atom. The highest BCUT2D eigenvalue weighted by Crippen LogP contribution is 2.27. The van der Waals surface area contributed by atoms with E-state index < -0.39 is 0 Å². The summed E-state index contributed by atoms with van der Waals surface area (Å²) >= 11 is 3.51. The molecule has 1 N–H and O–H groups in total. The van der Waals surface area contributed by atoms with Gasteiger partial charge in [-0.25, -0.2) is 4.98 Å². The van der Waals surface area contributed by atoms with E-state index in [4.69, 9.17) is 9.40 Å². The van der Waals surface area contributed by atoms with E-state index in [-0.39, 0.29) is 11.8 Å². The van der Waals surface area contributed by atoms with Gasteiger partial charge in [-0.2, -0.15) is 0 Å². The van der Waals surface area contributed by atoms with Gasteiger partial charge in [0.15, 0.2) is 0 Å². The van der Waals surface area contributed by atoms with Crippen molar-refractivity contribution in [3.05, 3.63) is 40.2 Å². The average molecular weight is 474 g/mol. The monoisotopic (exact) mass is 473 g/mol. The fourth-order valence-electron chi connectivity index (χ4n) is 4.72. The maximum Gasteiger partial charge on any atom is 0.226 e. The average Bonchev–Trinajstić information content (AvgIpc) is 3.10. The van der Waals surface area contributed by atoms with Gasteiger partial charge in [-0.15, -0.1) is 0 Å². The van der Waals surface area contributed by atoms with Crippen molar-refractivity contribution in [2.24, 2.45) is 11.8 Å². The van der Waals surface area contributed by atoms with E-state index in [9.17, 15) is 4.79 Å². The largest absolute Gasteiger partial charge is 0.441 e. The molecule has 162 valence electrons. The summed E-state index contributed by atoms with van der Waals surface area (Å²) in [7, 11) is 0. The van der Waals surface area contributed by atoms with Crippen molar-refractivity contribution < 1.29 is 9.21 Å². The van der Waals surface area contributed by atoms with Crippen molar-refractivity contribution >= 4 is 21.8 Å². The van der Waals surface area contributed by atoms with Crippen LogP contribution in [0.2, 0.25) is 0 Å². The molecule has 1 aromatic heterocycles. The fourth-order valence-corrected chi connectivity index (χ4v) is 5.12. The number of amides is 1. The number of benzene rings is 1. The number of carbonyl (C=O) groups is 1. The normalized spacial score (nSPS) is 23.4. The van der Waals surface area contributed by atoms with E-state index in [1.165, 1.54) is 19.3 Å². The molecule has 0 spiro atoms. The molecule has 30 heavy (non-hydrogen) atoms. The topological polar surface area (TPSA) is 58.4 Å². The highest BCUT2D eigenvalue weighted by Gasteiger charge is 2.29. The summed E-state index contributed by atoms with van der Waals surface area (Å²) in [5.74, 6) is 2.56. The van der Waals surface area contributed by atoms with Crippen molar-refractivity contribution in [3.63, 3.8) is 0 Å². The molecular formula is C24H32BrN3O2. The number of nitrogens with zero attached hydrogens (tertiary/aromatic N) is 2. The van der Waals surface area contributed by atoms with Gasteiger partial charge in [0.25, 0.3) is 0 Å². The van der Waals surface area contributed by atoms with Crippen LogP contribution in [-0.2, 0) is 11.3 Å². The Bertz CT molecular complexity index is 873. The van der Waals surface area contributed by atoms with E-state index in [1.54, 1.807) is 0 Å². The van der Waals surface area contributed by atoms with Crippen LogP contribution >= 0.6 is 15.9 Å². The Morgan fingerprint density at radius 3 is 2.73 bits per heavy atom. The molecule has 2 aliphatic rings. The first-order valence-corrected chi connectivity index (χ1v) is 12.0. The summed E-state index contributed by atoms with van der Waals surface area (Å²) in [5, 5.41) is 3.35. The van der Waals surface area contributed by atoms with Crippen molar-refractivity contribution in [1.82, 2.24) is 15.2 Å². The van der Waals surface area contributed by atoms with Gasteiger partial charge in [-0.1, -0.05) is 41.8 Å². The number of aromatic nitrogens is 1. The molecule has 2 aromatic rings. The first-order chi connectivity index (χ1) is 14.5. The van der Waals surface area contributed by atoms with Gasteiger partial charge >= 0.3 is 0 Å². The summed E-state index contributed by atoms with van der Waals surface area (Å²) < 4.78 is 6.94. The summed E-state index contributed by atoms with van der Waals surface area (Å²) in [6.07, 6.45) is 6.76. The van der Waals surface area contributed by atoms with Gasteiger partial charge in [0.1, 0.15) is 5.76 Å². The number of oxazole rings is 1. The summed E-state index contributed by atoms with van der Waals surface area (Å²) in [6.45, 7) is 6.88. The number of likely N-dealkylation sites (tertiary alicyclic amines) is 1. The molecule has 1 aliphatic heterocycles. The Morgan fingerprint density at radius 1 is 1.23 bits per heavy atom. The first kappa shape index (κ1) is 21.6. The van der Waals surface area contributed by atoms with Crippen LogP contribution in [0.4, 0.5) is 0 Å². The highest BCUT2D eigenvalue weighted by molar-refractivity contribution is 9.10. The second-order valence-electron chi connectivity index (χ2n) is 8.96. The number of rotatable bonds is 5. The van der Waals surface area contributed by atoms with Gasteiger partial charge in [-0.3, -0.25) is 9.69 Å². The molecule has 4 rings (SSSR count). The predicted octanol–water partition coefficient (Wildman–Crippen LogP) is 5.32. The molecule has 1 aliphatic carbocycles. The van der Waals surface area contributed by atoms with Gasteiger partial charge in [0.05, 0.1) is 5.69 Å². The molecular weight excluding hydrogens is 442 g/mol. The fraction of sp³-hybridized carbons (Fsp3) is 0.583. The molecule has 1 saturated carbocycles. The lowest BCUT2D eigenvalue weighted by molar-refractivity contribution is -0.127. The standard InChI is InChI=1S/C24H32BrN3O2/c1-16-6-3-4-9-21(16)26-23(29)18-10-12-28(13-11-18)15-22-17(2)30-24(27-22)19-7-5-8-20(25)14-19/h5,7-8,14,16,18,21H,3-4,6,9-13,15H2,1-2H3,(H,26,29). The van der Waals surface area contributed by atoms with Gasteiger partial charge in [0, 0.05) is 28.5 Å². The van der Waals surface area contributed by atoms with Crippen LogP contribution in [0.1, 0.15) is 56.9 Å². The number of hydrogen-bond donors (Lipinski definition) is 1. The molecule has 0 radical (unpaired) electrons. The molecule has 2 unspecified atom stereocenters. The van der Waals surface area contributed by atoms with Crippen molar-refractivity contribution in [2.45, 2.75) is 65.0 Å². The van der Waals surface area contributed by atoms with Crippen LogP contribution in [0.15, 0.2) is 33.2 Å². The lowest BCUT2D eigenvalue weighted by atomic mass is 9.85. The van der Waals surface area contributed by atoms with Crippen LogP contribution < -0.4 is 5.32 Å². The van der Waals surface area contributed by atoms with Gasteiger partial charge < -0.3 is 9.73 Å². The minimum atomic E-state index is 0.144. The molecule has 2 fully saturated rings. The number of halogens is 1. The third-order valence-electron chi connectivity index (χ3n) is 6.74. The second kappa shape index (κ2) is 9.65. The third kappa shape index (κ3) is 5.14. The zero-order chi connectivity index (χ0) is 21.1. The number of aryl methyl sites for hydroxylation is 1. The van der Waals surface area contributed by atoms with E-state index in [2.05, 4.69) is 33.1 Å². The highest BCUT2D eigenvalue weighted by atomic mass is 79.9. The molecule has 1 saturated heterocycles. The van der Waals surface area contributed by atoms with E-state index in [0.717, 1.165) is 60.4 Å². The van der Waals surface area contributed by atoms with Crippen molar-refractivity contribution in [3.8, 4) is 11.5 Å². The zero-order valence-electron chi connectivity index (χ0n) is 18.0. The van der Waals surface area contributed by atoms with E-state index in [0.29, 0.717) is 17.9 Å². The van der Waals surface area contributed by atoms with Crippen molar-refractivity contribution in [2.75, 3.05) is 13.1 Å². The van der Waals surface area contributed by atoms with E-state index >= 15 is 0 Å². The maximum atomic E-state index is 12.8. The number of hydrogen-bond acceptors (Lipinski definition) is 4. The molecule has 1 aromatic carbocycles. The number of piperidine rings is 1. The molecule has 5 nitrogen and oxygen atoms in total. The quantitative estimate of drug-likeness (QED) is 0.638. The van der Waals surface area contributed by atoms with Gasteiger partial charge in [-0.05, 0) is 69.8 Å². The minimum absolute atomic E-state index is 0.144. The third-order valence-corrected chi connectivity index (χ3v) is 7.23. The predicted molar refractivity (Wildman–Crippen MR) is 122 cm³/mol. The SMILES string of the molecule is Cc1oc(-c2cccc(Br)c2)nc1CN1CCC(C(=O)NC2CCCCC2C)CC1. The van der Waals surface area contributed by atoms with E-state index in [1.807, 2.05) is 31.2 Å². The summed E-state index contributed by atoms with van der Waals surface area (Å²) in [5.41, 5.74) is 1.97. The smallest absolute Gasteiger partial charge is 0.226 e. The molecule has 2 heterocycles. The maximum absolute atomic E-state index is 12.8. The Hall–Kier alpha value is -1.66. The summed E-state index contributed by atoms with van der Waals surface area (Å²) in [6, 6.07) is 8.39. The van der Waals surface area contributed by atoms with Crippen molar-refractivity contribution in [1.29, 1.82) is 0 Å². The van der Waals surface area contributed by atoms with Crippen LogP contribution in [0.5, 0.6) is 0 Å². The zero-order valence-corrected chi connectivity index (χ0v) is 19.6. The molecule has 6 heteroatoms. The Kier molecular flexibility index (Phi) is 6.94. The number of carbonyl (C=O) groups excluding carboxylic acids is 1. The Labute approximate surface area is 187 Å². The van der Waals surface area contributed by atoms with Crippen LogP contribution in [0.3, 0.4) is 0 Å². The van der Waals surface area contributed by atoms with Crippen LogP contribution in [0, 0.1) is 18.8 Å². The molecule has 0 bridgehead atoms. The minimum Gasteiger partial charge on any atom is -0.441 e. The summed E-state index contributed by atoms with van der Waals surface area (Å²) in [4.78, 5) is 19.9. The lowest BCUT2D eigenvalue weighted by Crippen LogP contribution is -2.46.